The summed E-state index contributed by atoms with van der Waals surface area (Å²) in [4.78, 5) is 18.8. The molecular weight excluding hydrogens is 368 g/mol. The van der Waals surface area contributed by atoms with Gasteiger partial charge in [-0.1, -0.05) is 42.1 Å². The number of aliphatic imine (C=N–C) groups is 1. The number of benzene rings is 2. The lowest BCUT2D eigenvalue weighted by Gasteiger charge is -2.24. The lowest BCUT2D eigenvalue weighted by Crippen LogP contribution is -2.37. The van der Waals surface area contributed by atoms with Crippen molar-refractivity contribution < 1.29 is 13.2 Å². The Morgan fingerprint density at radius 1 is 1.12 bits per heavy atom. The fourth-order valence-electron chi connectivity index (χ4n) is 3.38. The minimum Gasteiger partial charge on any atom is -0.316 e. The molecule has 0 saturated carbocycles. The van der Waals surface area contributed by atoms with Crippen molar-refractivity contribution >= 4 is 38.4 Å². The topological polar surface area (TPSA) is 66.8 Å². The minimum absolute atomic E-state index is 0.0944. The van der Waals surface area contributed by atoms with Crippen LogP contribution in [0, 0.1) is 6.92 Å². The number of hydrogen-bond acceptors (Lipinski definition) is 4. The summed E-state index contributed by atoms with van der Waals surface area (Å²) in [5, 5.41) is 0.484. The quantitative estimate of drug-likeness (QED) is 0.794. The summed E-state index contributed by atoms with van der Waals surface area (Å²) in [5.41, 5.74) is 2.47. The molecule has 0 radical (unpaired) electrons. The van der Waals surface area contributed by atoms with E-state index < -0.39 is 9.84 Å². The molecule has 2 fully saturated rings. The van der Waals surface area contributed by atoms with Crippen LogP contribution in [0.1, 0.15) is 15.9 Å². The first-order chi connectivity index (χ1) is 12.4. The van der Waals surface area contributed by atoms with Crippen LogP contribution in [0.3, 0.4) is 0 Å². The van der Waals surface area contributed by atoms with E-state index in [4.69, 9.17) is 0 Å². The van der Waals surface area contributed by atoms with Gasteiger partial charge in [0.15, 0.2) is 15.0 Å². The molecule has 0 N–H and O–H groups in total. The number of thioether (sulfide) groups is 1. The summed E-state index contributed by atoms with van der Waals surface area (Å²) in [6, 6.07) is 16.6. The van der Waals surface area contributed by atoms with E-state index in [1.54, 1.807) is 24.3 Å². The minimum atomic E-state index is -3.06. The van der Waals surface area contributed by atoms with Crippen molar-refractivity contribution in [2.45, 2.75) is 18.2 Å². The van der Waals surface area contributed by atoms with Crippen molar-refractivity contribution in [3.63, 3.8) is 0 Å². The van der Waals surface area contributed by atoms with E-state index in [0.29, 0.717) is 10.7 Å². The summed E-state index contributed by atoms with van der Waals surface area (Å²) in [5.74, 6) is -0.0889. The molecule has 7 heteroatoms. The van der Waals surface area contributed by atoms with Gasteiger partial charge in [0, 0.05) is 16.5 Å². The lowest BCUT2D eigenvalue weighted by molar-refractivity contribution is 0.100. The predicted octanol–water partition coefficient (Wildman–Crippen LogP) is 2.91. The standard InChI is InChI=1S/C19H18N2O3S2/c1-13-6-5-9-15(10-13)21-16-11-26(23,24)12-17(16)25-19(21)20-18(22)14-7-3-2-4-8-14/h2-10,16-17H,11-12H2,1H3/t16-,17-/m0/s1. The monoisotopic (exact) mass is 386 g/mol. The van der Waals surface area contributed by atoms with Crippen molar-refractivity contribution in [2.24, 2.45) is 4.99 Å². The van der Waals surface area contributed by atoms with E-state index in [9.17, 15) is 13.2 Å². The van der Waals surface area contributed by atoms with Gasteiger partial charge in [-0.25, -0.2) is 8.42 Å². The van der Waals surface area contributed by atoms with Gasteiger partial charge in [0.05, 0.1) is 17.5 Å². The van der Waals surface area contributed by atoms with Crippen molar-refractivity contribution in [3.8, 4) is 0 Å². The van der Waals surface area contributed by atoms with E-state index in [2.05, 4.69) is 4.99 Å². The third-order valence-electron chi connectivity index (χ3n) is 4.56. The Balaban J connectivity index is 1.74. The molecule has 5 nitrogen and oxygen atoms in total. The SMILES string of the molecule is Cc1cccc(N2C(=NC(=O)c3ccccc3)S[C@H]3CS(=O)(=O)C[C@@H]32)c1. The molecule has 2 saturated heterocycles. The fraction of sp³-hybridized carbons (Fsp3) is 0.263. The highest BCUT2D eigenvalue weighted by Crippen LogP contribution is 2.41. The van der Waals surface area contributed by atoms with E-state index in [-0.39, 0.29) is 28.7 Å². The number of hydrogen-bond donors (Lipinski definition) is 0. The number of aryl methyl sites for hydroxylation is 1. The van der Waals surface area contributed by atoms with Crippen LogP contribution in [0.15, 0.2) is 59.6 Å². The molecule has 0 spiro atoms. The van der Waals surface area contributed by atoms with E-state index in [0.717, 1.165) is 11.3 Å². The summed E-state index contributed by atoms with van der Waals surface area (Å²) >= 11 is 1.39. The maximum absolute atomic E-state index is 12.5. The van der Waals surface area contributed by atoms with Gasteiger partial charge in [0.2, 0.25) is 0 Å². The van der Waals surface area contributed by atoms with Gasteiger partial charge >= 0.3 is 0 Å². The van der Waals surface area contributed by atoms with Crippen LogP contribution >= 0.6 is 11.8 Å². The molecule has 2 aliphatic heterocycles. The molecule has 2 atom stereocenters. The molecule has 0 bridgehead atoms. The fourth-order valence-corrected chi connectivity index (χ4v) is 7.29. The second-order valence-corrected chi connectivity index (χ2v) is 9.94. The lowest BCUT2D eigenvalue weighted by atomic mass is 10.1. The summed E-state index contributed by atoms with van der Waals surface area (Å²) in [6.45, 7) is 1.99. The van der Waals surface area contributed by atoms with Crippen LogP contribution in [-0.4, -0.2) is 42.3 Å². The number of sulfone groups is 1. The number of carbonyl (C=O) groups is 1. The smallest absolute Gasteiger partial charge is 0.279 e. The Labute approximate surface area is 157 Å². The number of carbonyl (C=O) groups excluding carboxylic acids is 1. The number of fused-ring (bicyclic) bond motifs is 1. The molecular formula is C19H18N2O3S2. The van der Waals surface area contributed by atoms with Gasteiger partial charge in [0.1, 0.15) is 0 Å². The Morgan fingerprint density at radius 2 is 1.88 bits per heavy atom. The molecule has 134 valence electrons. The Morgan fingerprint density at radius 3 is 2.62 bits per heavy atom. The number of nitrogens with zero attached hydrogens (tertiary/aromatic N) is 2. The first kappa shape index (κ1) is 17.3. The molecule has 0 aromatic heterocycles. The van der Waals surface area contributed by atoms with Gasteiger partial charge in [-0.2, -0.15) is 4.99 Å². The number of amidine groups is 1. The molecule has 0 aliphatic carbocycles. The van der Waals surface area contributed by atoms with Gasteiger partial charge in [-0.15, -0.1) is 0 Å². The average molecular weight is 386 g/mol. The first-order valence-electron chi connectivity index (χ1n) is 8.34. The van der Waals surface area contributed by atoms with Crippen LogP contribution < -0.4 is 4.90 Å². The molecule has 2 aliphatic rings. The number of anilines is 1. The Kier molecular flexibility index (Phi) is 4.36. The van der Waals surface area contributed by atoms with Crippen molar-refractivity contribution in [1.29, 1.82) is 0 Å². The summed E-state index contributed by atoms with van der Waals surface area (Å²) in [6.07, 6.45) is 0. The van der Waals surface area contributed by atoms with Gasteiger partial charge < -0.3 is 4.90 Å². The van der Waals surface area contributed by atoms with Crippen LogP contribution in [0.25, 0.3) is 0 Å². The van der Waals surface area contributed by atoms with E-state index in [1.807, 2.05) is 42.2 Å². The largest absolute Gasteiger partial charge is 0.316 e. The van der Waals surface area contributed by atoms with Crippen LogP contribution in [0.5, 0.6) is 0 Å². The molecule has 26 heavy (non-hydrogen) atoms. The van der Waals surface area contributed by atoms with Gasteiger partial charge in [-0.05, 0) is 36.8 Å². The highest BCUT2D eigenvalue weighted by molar-refractivity contribution is 8.16. The van der Waals surface area contributed by atoms with Crippen molar-refractivity contribution in [2.75, 3.05) is 16.4 Å². The Bertz CT molecular complexity index is 987. The van der Waals surface area contributed by atoms with E-state index in [1.165, 1.54) is 11.8 Å². The molecule has 1 amide bonds. The zero-order valence-corrected chi connectivity index (χ0v) is 15.8. The zero-order valence-electron chi connectivity index (χ0n) is 14.2. The summed E-state index contributed by atoms with van der Waals surface area (Å²) < 4.78 is 24.2. The maximum atomic E-state index is 12.5. The maximum Gasteiger partial charge on any atom is 0.279 e. The zero-order chi connectivity index (χ0) is 18.3. The third kappa shape index (κ3) is 3.29. The third-order valence-corrected chi connectivity index (χ3v) is 7.77. The Hall–Kier alpha value is -2.12. The second kappa shape index (κ2) is 6.55. The van der Waals surface area contributed by atoms with Crippen molar-refractivity contribution in [3.05, 3.63) is 65.7 Å². The normalized spacial score (nSPS) is 25.4. The van der Waals surface area contributed by atoms with Crippen LogP contribution in [0.2, 0.25) is 0 Å². The average Bonchev–Trinajstić information content (AvgIpc) is 3.06. The van der Waals surface area contributed by atoms with Crippen molar-refractivity contribution in [1.82, 2.24) is 0 Å². The predicted molar refractivity (Wildman–Crippen MR) is 106 cm³/mol. The molecule has 0 unspecified atom stereocenters. The molecule has 4 rings (SSSR count). The summed E-state index contributed by atoms with van der Waals surface area (Å²) in [7, 11) is -3.06. The number of amides is 1. The van der Waals surface area contributed by atoms with Gasteiger partial charge in [-0.3, -0.25) is 4.79 Å². The molecule has 2 aromatic rings. The van der Waals surface area contributed by atoms with Crippen LogP contribution in [0.4, 0.5) is 5.69 Å². The molecule has 2 heterocycles. The highest BCUT2D eigenvalue weighted by Gasteiger charge is 2.49. The van der Waals surface area contributed by atoms with E-state index >= 15 is 0 Å². The van der Waals surface area contributed by atoms with Crippen LogP contribution in [-0.2, 0) is 9.84 Å². The number of rotatable bonds is 2. The highest BCUT2D eigenvalue weighted by atomic mass is 32.2. The second-order valence-electron chi connectivity index (χ2n) is 6.58. The van der Waals surface area contributed by atoms with Gasteiger partial charge in [0.25, 0.3) is 5.91 Å². The molecule has 2 aromatic carbocycles. The first-order valence-corrected chi connectivity index (χ1v) is 11.0.